The van der Waals surface area contributed by atoms with Crippen molar-refractivity contribution in [2.45, 2.75) is 6.92 Å². The van der Waals surface area contributed by atoms with Crippen LogP contribution >= 0.6 is 0 Å². The van der Waals surface area contributed by atoms with Gasteiger partial charge in [-0.1, -0.05) is 6.07 Å². The lowest BCUT2D eigenvalue weighted by atomic mass is 10.1. The largest absolute Gasteiger partial charge is 0.493 e. The van der Waals surface area contributed by atoms with Crippen LogP contribution in [-0.4, -0.2) is 25.1 Å². The highest BCUT2D eigenvalue weighted by atomic mass is 19.1. The molecule has 0 spiro atoms. The number of benzene rings is 2. The summed E-state index contributed by atoms with van der Waals surface area (Å²) in [5.74, 6) is -0.985. The number of hydrogen-bond donors (Lipinski definition) is 1. The van der Waals surface area contributed by atoms with Gasteiger partial charge < -0.3 is 14.8 Å². The molecule has 0 saturated heterocycles. The van der Waals surface area contributed by atoms with Crippen molar-refractivity contribution in [2.75, 3.05) is 19.5 Å². The number of carbonyl (C=O) groups excluding carboxylic acids is 1. The molecule has 2 rings (SSSR count). The Kier molecular flexibility index (Phi) is 4.98. The first kappa shape index (κ1) is 17.2. The number of carbonyl (C=O) groups is 1. The van der Waals surface area contributed by atoms with Gasteiger partial charge in [0.25, 0.3) is 11.6 Å². The Labute approximate surface area is 137 Å². The van der Waals surface area contributed by atoms with Crippen LogP contribution in [0.4, 0.5) is 15.8 Å². The number of ether oxygens (including phenoxy) is 2. The minimum absolute atomic E-state index is 0.127. The number of halogens is 1. The molecule has 0 aliphatic rings. The highest BCUT2D eigenvalue weighted by molar-refractivity contribution is 6.07. The fraction of sp³-hybridized carbons (Fsp3) is 0.188. The summed E-state index contributed by atoms with van der Waals surface area (Å²) in [6.07, 6.45) is 0. The van der Waals surface area contributed by atoms with Gasteiger partial charge in [0.05, 0.1) is 25.2 Å². The van der Waals surface area contributed by atoms with Crippen LogP contribution in [0.25, 0.3) is 0 Å². The molecule has 7 nitrogen and oxygen atoms in total. The first-order valence-electron chi connectivity index (χ1n) is 6.85. The summed E-state index contributed by atoms with van der Waals surface area (Å²) < 4.78 is 23.4. The summed E-state index contributed by atoms with van der Waals surface area (Å²) in [5, 5.41) is 13.7. The predicted octanol–water partition coefficient (Wildman–Crippen LogP) is 3.31. The number of methoxy groups -OCH3 is 2. The number of nitrogens with one attached hydrogen (secondary N) is 1. The molecule has 0 fully saturated rings. The van der Waals surface area contributed by atoms with Crippen molar-refractivity contribution >= 4 is 17.3 Å². The number of amides is 1. The third-order valence-corrected chi connectivity index (χ3v) is 3.39. The molecule has 1 amide bonds. The van der Waals surface area contributed by atoms with E-state index in [2.05, 4.69) is 5.32 Å². The molecule has 0 aromatic heterocycles. The molecule has 0 radical (unpaired) electrons. The van der Waals surface area contributed by atoms with Crippen molar-refractivity contribution in [3.8, 4) is 11.5 Å². The van der Waals surface area contributed by atoms with E-state index in [1.807, 2.05) is 0 Å². The van der Waals surface area contributed by atoms with E-state index >= 15 is 0 Å². The Bertz CT molecular complexity index is 807. The van der Waals surface area contributed by atoms with Crippen LogP contribution in [0.3, 0.4) is 0 Å². The maximum atomic E-state index is 13.3. The number of anilines is 1. The molecule has 1 N–H and O–H groups in total. The molecule has 0 heterocycles. The van der Waals surface area contributed by atoms with E-state index in [0.29, 0.717) is 5.56 Å². The second-order valence-electron chi connectivity index (χ2n) is 4.89. The molecule has 24 heavy (non-hydrogen) atoms. The average Bonchev–Trinajstić information content (AvgIpc) is 2.56. The van der Waals surface area contributed by atoms with E-state index in [1.165, 1.54) is 32.4 Å². The number of nitrogens with zero attached hydrogens (tertiary/aromatic N) is 1. The highest BCUT2D eigenvalue weighted by Crippen LogP contribution is 2.35. The first-order chi connectivity index (χ1) is 11.4. The molecular weight excluding hydrogens is 319 g/mol. The lowest BCUT2D eigenvalue weighted by Gasteiger charge is -2.12. The predicted molar refractivity (Wildman–Crippen MR) is 85.3 cm³/mol. The standard InChI is InChI=1S/C16H15FN2O5/c1-9-4-5-10(17)6-12(9)18-16(20)11-7-14(23-2)15(24-3)8-13(11)19(21)22/h4-8H,1-3H3,(H,18,20). The van der Waals surface area contributed by atoms with E-state index in [0.717, 1.165) is 12.1 Å². The Morgan fingerprint density at radius 2 is 1.79 bits per heavy atom. The molecule has 0 aliphatic carbocycles. The summed E-state index contributed by atoms with van der Waals surface area (Å²) in [6, 6.07) is 6.20. The molecule has 8 heteroatoms. The van der Waals surface area contributed by atoms with E-state index in [1.54, 1.807) is 6.92 Å². The van der Waals surface area contributed by atoms with Gasteiger partial charge in [0, 0.05) is 11.8 Å². The molecule has 0 atom stereocenters. The van der Waals surface area contributed by atoms with Gasteiger partial charge in [-0.15, -0.1) is 0 Å². The Balaban J connectivity index is 2.47. The first-order valence-corrected chi connectivity index (χ1v) is 6.85. The number of nitro benzene ring substituents is 1. The van der Waals surface area contributed by atoms with Crippen molar-refractivity contribution < 1.29 is 23.6 Å². The normalized spacial score (nSPS) is 10.2. The van der Waals surface area contributed by atoms with E-state index in [4.69, 9.17) is 9.47 Å². The monoisotopic (exact) mass is 334 g/mol. The topological polar surface area (TPSA) is 90.7 Å². The van der Waals surface area contributed by atoms with Crippen LogP contribution in [-0.2, 0) is 0 Å². The van der Waals surface area contributed by atoms with Gasteiger partial charge >= 0.3 is 0 Å². The highest BCUT2D eigenvalue weighted by Gasteiger charge is 2.25. The molecule has 2 aromatic rings. The van der Waals surface area contributed by atoms with Crippen LogP contribution < -0.4 is 14.8 Å². The summed E-state index contributed by atoms with van der Waals surface area (Å²) in [4.78, 5) is 23.0. The molecular formula is C16H15FN2O5. The number of nitro groups is 1. The Morgan fingerprint density at radius 1 is 1.17 bits per heavy atom. The van der Waals surface area contributed by atoms with Crippen LogP contribution in [0.2, 0.25) is 0 Å². The van der Waals surface area contributed by atoms with Crippen LogP contribution in [0.15, 0.2) is 30.3 Å². The smallest absolute Gasteiger partial charge is 0.286 e. The van der Waals surface area contributed by atoms with Crippen molar-refractivity contribution in [1.82, 2.24) is 0 Å². The minimum atomic E-state index is -0.753. The lowest BCUT2D eigenvalue weighted by molar-refractivity contribution is -0.385. The van der Waals surface area contributed by atoms with Gasteiger partial charge in [-0.05, 0) is 24.6 Å². The van der Waals surface area contributed by atoms with Crippen molar-refractivity contribution in [3.63, 3.8) is 0 Å². The van der Waals surface area contributed by atoms with E-state index < -0.39 is 22.3 Å². The van der Waals surface area contributed by atoms with Crippen LogP contribution in [0.1, 0.15) is 15.9 Å². The van der Waals surface area contributed by atoms with Crippen molar-refractivity contribution in [3.05, 3.63) is 57.4 Å². The van der Waals surface area contributed by atoms with Gasteiger partial charge in [-0.3, -0.25) is 14.9 Å². The molecule has 2 aromatic carbocycles. The number of rotatable bonds is 5. The van der Waals surface area contributed by atoms with Crippen molar-refractivity contribution in [2.24, 2.45) is 0 Å². The summed E-state index contributed by atoms with van der Waals surface area (Å²) in [6.45, 7) is 1.68. The van der Waals surface area contributed by atoms with Gasteiger partial charge in [0.2, 0.25) is 0 Å². The third kappa shape index (κ3) is 3.43. The minimum Gasteiger partial charge on any atom is -0.493 e. The fourth-order valence-electron chi connectivity index (χ4n) is 2.12. The SMILES string of the molecule is COc1cc(C(=O)Nc2cc(F)ccc2C)c([N+](=O)[O-])cc1OC. The molecule has 0 bridgehead atoms. The molecule has 0 aliphatic heterocycles. The average molecular weight is 334 g/mol. The quantitative estimate of drug-likeness (QED) is 0.669. The van der Waals surface area contributed by atoms with Gasteiger partial charge in [-0.25, -0.2) is 4.39 Å². The maximum absolute atomic E-state index is 13.3. The zero-order chi connectivity index (χ0) is 17.9. The van der Waals surface area contributed by atoms with E-state index in [-0.39, 0.29) is 22.7 Å². The second-order valence-corrected chi connectivity index (χ2v) is 4.89. The van der Waals surface area contributed by atoms with Gasteiger partial charge in [0.15, 0.2) is 11.5 Å². The number of aryl methyl sites for hydroxylation is 1. The number of hydrogen-bond acceptors (Lipinski definition) is 5. The van der Waals surface area contributed by atoms with E-state index in [9.17, 15) is 19.3 Å². The summed E-state index contributed by atoms with van der Waals surface area (Å²) in [7, 11) is 2.68. The fourth-order valence-corrected chi connectivity index (χ4v) is 2.12. The molecule has 126 valence electrons. The zero-order valence-electron chi connectivity index (χ0n) is 13.3. The maximum Gasteiger partial charge on any atom is 0.286 e. The van der Waals surface area contributed by atoms with Gasteiger partial charge in [0.1, 0.15) is 11.4 Å². The van der Waals surface area contributed by atoms with Crippen molar-refractivity contribution in [1.29, 1.82) is 0 Å². The Hall–Kier alpha value is -3.16. The van der Waals surface area contributed by atoms with Gasteiger partial charge in [-0.2, -0.15) is 0 Å². The summed E-state index contributed by atoms with van der Waals surface area (Å²) >= 11 is 0. The second kappa shape index (κ2) is 6.95. The lowest BCUT2D eigenvalue weighted by Crippen LogP contribution is -2.15. The third-order valence-electron chi connectivity index (χ3n) is 3.39. The zero-order valence-corrected chi connectivity index (χ0v) is 13.3. The molecule has 0 saturated carbocycles. The van der Waals surface area contributed by atoms with Crippen LogP contribution in [0, 0.1) is 22.9 Å². The summed E-state index contributed by atoms with van der Waals surface area (Å²) in [5.41, 5.74) is 0.178. The molecule has 0 unspecified atom stereocenters. The Morgan fingerprint density at radius 3 is 2.38 bits per heavy atom. The van der Waals surface area contributed by atoms with Crippen LogP contribution in [0.5, 0.6) is 11.5 Å².